The lowest BCUT2D eigenvalue weighted by atomic mass is 10.3. The van der Waals surface area contributed by atoms with Crippen LogP contribution >= 0.6 is 15.9 Å². The Morgan fingerprint density at radius 3 is 2.67 bits per heavy atom. The quantitative estimate of drug-likeness (QED) is 0.891. The molecule has 2 N–H and O–H groups in total. The number of carbonyl (C=O) groups is 1. The fraction of sp³-hybridized carbons (Fsp3) is 0.300. The van der Waals surface area contributed by atoms with Gasteiger partial charge in [-0.1, -0.05) is 15.9 Å². The van der Waals surface area contributed by atoms with Gasteiger partial charge < -0.3 is 10.5 Å². The lowest BCUT2D eigenvalue weighted by molar-refractivity contribution is 0.145. The van der Waals surface area contributed by atoms with Crippen LogP contribution in [0.3, 0.4) is 0 Å². The van der Waals surface area contributed by atoms with Crippen LogP contribution in [0.5, 0.6) is 0 Å². The number of cyclic esters (lactones) is 1. The normalized spacial score (nSPS) is 20.5. The Labute approximate surface area is 96.1 Å². The first-order valence-corrected chi connectivity index (χ1v) is 5.44. The largest absolute Gasteiger partial charge is 0.443 e. The number of anilines is 1. The molecule has 1 fully saturated rings. The van der Waals surface area contributed by atoms with Gasteiger partial charge in [-0.25, -0.2) is 4.79 Å². The van der Waals surface area contributed by atoms with E-state index in [1.165, 1.54) is 0 Å². The Bertz CT molecular complexity index is 366. The van der Waals surface area contributed by atoms with E-state index in [2.05, 4.69) is 15.9 Å². The number of hydrogen-bond acceptors (Lipinski definition) is 3. The van der Waals surface area contributed by atoms with E-state index in [-0.39, 0.29) is 12.2 Å². The van der Waals surface area contributed by atoms with E-state index in [1.807, 2.05) is 24.3 Å². The number of ether oxygens (including phenoxy) is 1. The minimum absolute atomic E-state index is 0.193. The van der Waals surface area contributed by atoms with Gasteiger partial charge in [-0.3, -0.25) is 4.90 Å². The molecule has 15 heavy (non-hydrogen) atoms. The third-order valence-electron chi connectivity index (χ3n) is 2.28. The number of halogens is 1. The van der Waals surface area contributed by atoms with E-state index in [1.54, 1.807) is 4.90 Å². The lowest BCUT2D eigenvalue weighted by Gasteiger charge is -2.12. The predicted octanol–water partition coefficient (Wildman–Crippen LogP) is 1.73. The second-order valence-corrected chi connectivity index (χ2v) is 4.24. The Kier molecular flexibility index (Phi) is 2.93. The maximum atomic E-state index is 11.5. The zero-order chi connectivity index (χ0) is 10.8. The first-order valence-electron chi connectivity index (χ1n) is 4.64. The van der Waals surface area contributed by atoms with Gasteiger partial charge >= 0.3 is 6.09 Å². The van der Waals surface area contributed by atoms with E-state index >= 15 is 0 Å². The summed E-state index contributed by atoms with van der Waals surface area (Å²) in [6, 6.07) is 7.51. The van der Waals surface area contributed by atoms with Crippen molar-refractivity contribution in [1.82, 2.24) is 0 Å². The maximum absolute atomic E-state index is 11.5. The monoisotopic (exact) mass is 270 g/mol. The van der Waals surface area contributed by atoms with Crippen molar-refractivity contribution in [2.75, 3.05) is 18.0 Å². The maximum Gasteiger partial charge on any atom is 0.414 e. The van der Waals surface area contributed by atoms with Gasteiger partial charge in [0.1, 0.15) is 6.10 Å². The first-order chi connectivity index (χ1) is 7.20. The second kappa shape index (κ2) is 4.20. The Hall–Kier alpha value is -1.07. The molecule has 1 atom stereocenters. The molecular weight excluding hydrogens is 260 g/mol. The van der Waals surface area contributed by atoms with E-state index in [9.17, 15) is 4.79 Å². The van der Waals surface area contributed by atoms with Crippen LogP contribution in [-0.4, -0.2) is 25.3 Å². The van der Waals surface area contributed by atoms with Crippen LogP contribution in [0, 0.1) is 0 Å². The SMILES string of the molecule is NCC1CN(c2ccc(Br)cc2)C(=O)O1. The molecule has 1 heterocycles. The third kappa shape index (κ3) is 2.13. The molecule has 2 rings (SSSR count). The highest BCUT2D eigenvalue weighted by Gasteiger charge is 2.31. The van der Waals surface area contributed by atoms with Crippen LogP contribution in [0.15, 0.2) is 28.7 Å². The lowest BCUT2D eigenvalue weighted by Crippen LogP contribution is -2.27. The summed E-state index contributed by atoms with van der Waals surface area (Å²) in [5.41, 5.74) is 6.28. The van der Waals surface area contributed by atoms with Gasteiger partial charge in [0.15, 0.2) is 0 Å². The molecule has 0 bridgehead atoms. The van der Waals surface area contributed by atoms with Crippen LogP contribution in [0.2, 0.25) is 0 Å². The van der Waals surface area contributed by atoms with Crippen LogP contribution in [-0.2, 0) is 4.74 Å². The summed E-state index contributed by atoms with van der Waals surface area (Å²) >= 11 is 3.34. The summed E-state index contributed by atoms with van der Waals surface area (Å²) in [5.74, 6) is 0. The highest BCUT2D eigenvalue weighted by atomic mass is 79.9. The van der Waals surface area contributed by atoms with Crippen LogP contribution < -0.4 is 10.6 Å². The molecule has 1 aliphatic heterocycles. The van der Waals surface area contributed by atoms with Crippen molar-refractivity contribution in [2.45, 2.75) is 6.10 Å². The minimum Gasteiger partial charge on any atom is -0.443 e. The minimum atomic E-state index is -0.326. The molecule has 1 aromatic carbocycles. The van der Waals surface area contributed by atoms with Crippen molar-refractivity contribution in [3.05, 3.63) is 28.7 Å². The van der Waals surface area contributed by atoms with Gasteiger partial charge in [0.05, 0.1) is 6.54 Å². The molecule has 1 aromatic rings. The number of rotatable bonds is 2. The van der Waals surface area contributed by atoms with Gasteiger partial charge in [0.2, 0.25) is 0 Å². The molecule has 1 unspecified atom stereocenters. The summed E-state index contributed by atoms with van der Waals surface area (Å²) in [6.07, 6.45) is -0.520. The van der Waals surface area contributed by atoms with Crippen LogP contribution in [0.4, 0.5) is 10.5 Å². The summed E-state index contributed by atoms with van der Waals surface area (Å²) in [6.45, 7) is 0.885. The smallest absolute Gasteiger partial charge is 0.414 e. The zero-order valence-corrected chi connectivity index (χ0v) is 9.61. The average molecular weight is 271 g/mol. The predicted molar refractivity (Wildman–Crippen MR) is 60.8 cm³/mol. The highest BCUT2D eigenvalue weighted by molar-refractivity contribution is 9.10. The Morgan fingerprint density at radius 1 is 1.47 bits per heavy atom. The molecule has 1 aliphatic rings. The second-order valence-electron chi connectivity index (χ2n) is 3.33. The molecular formula is C10H11BrN2O2. The molecule has 4 nitrogen and oxygen atoms in total. The van der Waals surface area contributed by atoms with Gasteiger partial charge in [-0.2, -0.15) is 0 Å². The summed E-state index contributed by atoms with van der Waals surface area (Å²) in [7, 11) is 0. The summed E-state index contributed by atoms with van der Waals surface area (Å²) < 4.78 is 6.04. The van der Waals surface area contributed by atoms with E-state index in [0.717, 1.165) is 10.2 Å². The average Bonchev–Trinajstić information content (AvgIpc) is 2.61. The number of nitrogens with two attached hydrogens (primary N) is 1. The Morgan fingerprint density at radius 2 is 2.13 bits per heavy atom. The molecule has 0 saturated carbocycles. The van der Waals surface area contributed by atoms with Gasteiger partial charge in [0.25, 0.3) is 0 Å². The zero-order valence-electron chi connectivity index (χ0n) is 8.02. The molecule has 1 amide bonds. The fourth-order valence-electron chi connectivity index (χ4n) is 1.48. The number of benzene rings is 1. The number of nitrogens with zero attached hydrogens (tertiary/aromatic N) is 1. The fourth-order valence-corrected chi connectivity index (χ4v) is 1.74. The van der Waals surface area contributed by atoms with Crippen LogP contribution in [0.25, 0.3) is 0 Å². The van der Waals surface area contributed by atoms with Gasteiger partial charge in [0, 0.05) is 16.7 Å². The van der Waals surface area contributed by atoms with Crippen molar-refractivity contribution in [3.63, 3.8) is 0 Å². The van der Waals surface area contributed by atoms with Crippen molar-refractivity contribution in [3.8, 4) is 0 Å². The summed E-state index contributed by atoms with van der Waals surface area (Å²) in [4.78, 5) is 13.1. The standard InChI is InChI=1S/C10H11BrN2O2/c11-7-1-3-8(4-2-7)13-6-9(5-12)15-10(13)14/h1-4,9H,5-6,12H2. The highest BCUT2D eigenvalue weighted by Crippen LogP contribution is 2.23. The Balaban J connectivity index is 2.18. The van der Waals surface area contributed by atoms with Gasteiger partial charge in [-0.15, -0.1) is 0 Å². The van der Waals surface area contributed by atoms with Crippen molar-refractivity contribution in [1.29, 1.82) is 0 Å². The van der Waals surface area contributed by atoms with Crippen molar-refractivity contribution >= 4 is 27.7 Å². The number of amides is 1. The molecule has 0 spiro atoms. The topological polar surface area (TPSA) is 55.6 Å². The molecule has 0 aromatic heterocycles. The number of hydrogen-bond donors (Lipinski definition) is 1. The number of carbonyl (C=O) groups excluding carboxylic acids is 1. The molecule has 80 valence electrons. The first kappa shape index (κ1) is 10.4. The molecule has 0 aliphatic carbocycles. The van der Waals surface area contributed by atoms with E-state index in [0.29, 0.717) is 13.1 Å². The summed E-state index contributed by atoms with van der Waals surface area (Å²) in [5, 5.41) is 0. The molecule has 5 heteroatoms. The van der Waals surface area contributed by atoms with E-state index < -0.39 is 0 Å². The van der Waals surface area contributed by atoms with Crippen molar-refractivity contribution < 1.29 is 9.53 Å². The van der Waals surface area contributed by atoms with Crippen molar-refractivity contribution in [2.24, 2.45) is 5.73 Å². The van der Waals surface area contributed by atoms with Gasteiger partial charge in [-0.05, 0) is 24.3 Å². The third-order valence-corrected chi connectivity index (χ3v) is 2.80. The molecule has 1 saturated heterocycles. The van der Waals surface area contributed by atoms with E-state index in [4.69, 9.17) is 10.5 Å². The van der Waals surface area contributed by atoms with Crippen LogP contribution in [0.1, 0.15) is 0 Å². The molecule has 0 radical (unpaired) electrons.